The number of hydrogen-bond donors (Lipinski definition) is 1. The number of carboxylic acid groups (broad SMARTS) is 1. The normalized spacial score (nSPS) is 9.50. The summed E-state index contributed by atoms with van der Waals surface area (Å²) in [4.78, 5) is 19.6. The highest BCUT2D eigenvalue weighted by atomic mass is 28.3. The van der Waals surface area contributed by atoms with Crippen LogP contribution in [0.15, 0.2) is 12.8 Å². The first-order valence-electron chi connectivity index (χ1n) is 4.83. The molecule has 0 spiro atoms. The van der Waals surface area contributed by atoms with Crippen molar-refractivity contribution in [2.24, 2.45) is 0 Å². The lowest BCUT2D eigenvalue weighted by Gasteiger charge is -2.13. The molecule has 0 bridgehead atoms. The Hall–Kier alpha value is -1.30. The van der Waals surface area contributed by atoms with E-state index >= 15 is 0 Å². The Morgan fingerprint density at radius 2 is 1.88 bits per heavy atom. The maximum atomic E-state index is 9.88. The molecule has 0 saturated heterocycles. The topological polar surface area (TPSA) is 72.8 Å². The number of ether oxygens (including phenoxy) is 2. The molecule has 0 fully saturated rings. The lowest BCUT2D eigenvalue weighted by atomic mass is 10.8. The van der Waals surface area contributed by atoms with Gasteiger partial charge in [0.2, 0.25) is 0 Å². The molecule has 0 aromatic heterocycles. The van der Waals surface area contributed by atoms with Crippen LogP contribution in [0.25, 0.3) is 0 Å². The number of carbonyl (C=O) groups excluding carboxylic acids is 1. The van der Waals surface area contributed by atoms with Crippen molar-refractivity contribution in [1.29, 1.82) is 0 Å². The molecule has 0 atom stereocenters. The maximum Gasteiger partial charge on any atom is 0.505 e. The molecule has 0 radical (unpaired) electrons. The minimum Gasteiger partial charge on any atom is -0.450 e. The Morgan fingerprint density at radius 3 is 2.06 bits per heavy atom. The number of carbonyl (C=O) groups is 2. The van der Waals surface area contributed by atoms with E-state index in [1.165, 1.54) is 6.92 Å². The molecule has 6 heteroatoms. The van der Waals surface area contributed by atoms with Crippen molar-refractivity contribution in [2.45, 2.75) is 32.6 Å². The average Bonchev–Trinajstić information content (AvgIpc) is 2.00. The van der Waals surface area contributed by atoms with Crippen molar-refractivity contribution in [3.05, 3.63) is 12.8 Å². The Kier molecular flexibility index (Phi) is 9.58. The van der Waals surface area contributed by atoms with Crippen LogP contribution in [0.2, 0.25) is 25.7 Å². The molecule has 94 valence electrons. The lowest BCUT2D eigenvalue weighted by molar-refractivity contribution is -0.135. The van der Waals surface area contributed by atoms with Gasteiger partial charge < -0.3 is 14.6 Å². The standard InChI is InChI=1S/C6H14O3Si.C4H6O2/c1-10(2,3)5-4-9-6(7)8;1-3-6-4(2)5/h4-5H2,1-3H3,(H,7,8);3H,1H2,2H3. The molecule has 0 aliphatic rings. The van der Waals surface area contributed by atoms with Crippen LogP contribution in [0.4, 0.5) is 4.79 Å². The summed E-state index contributed by atoms with van der Waals surface area (Å²) >= 11 is 0. The fourth-order valence-electron chi connectivity index (χ4n) is 0.562. The molecule has 0 saturated carbocycles. The van der Waals surface area contributed by atoms with Crippen LogP contribution in [-0.2, 0) is 14.3 Å². The predicted octanol–water partition coefficient (Wildman–Crippen LogP) is 2.71. The van der Waals surface area contributed by atoms with Crippen molar-refractivity contribution in [3.63, 3.8) is 0 Å². The van der Waals surface area contributed by atoms with Gasteiger partial charge in [-0.25, -0.2) is 4.79 Å². The summed E-state index contributed by atoms with van der Waals surface area (Å²) < 4.78 is 8.54. The largest absolute Gasteiger partial charge is 0.505 e. The zero-order valence-electron chi connectivity index (χ0n) is 10.3. The van der Waals surface area contributed by atoms with Gasteiger partial charge in [-0.1, -0.05) is 26.2 Å². The highest BCUT2D eigenvalue weighted by Gasteiger charge is 2.12. The van der Waals surface area contributed by atoms with Crippen molar-refractivity contribution in [3.8, 4) is 0 Å². The fraction of sp³-hybridized carbons (Fsp3) is 0.600. The molecule has 0 aromatic rings. The molecule has 0 aliphatic heterocycles. The van der Waals surface area contributed by atoms with E-state index in [2.05, 4.69) is 35.7 Å². The van der Waals surface area contributed by atoms with Crippen LogP contribution in [0, 0.1) is 0 Å². The first kappa shape index (κ1) is 17.1. The summed E-state index contributed by atoms with van der Waals surface area (Å²) in [7, 11) is -1.11. The Bertz CT molecular complexity index is 232. The summed E-state index contributed by atoms with van der Waals surface area (Å²) in [6.07, 6.45) is -0.0688. The molecular weight excluding hydrogens is 228 g/mol. The second-order valence-electron chi connectivity index (χ2n) is 4.20. The first-order chi connectivity index (χ1) is 7.19. The van der Waals surface area contributed by atoms with Crippen LogP contribution in [-0.4, -0.2) is 31.9 Å². The molecule has 0 unspecified atom stereocenters. The van der Waals surface area contributed by atoms with E-state index in [1.807, 2.05) is 0 Å². The third kappa shape index (κ3) is 23.0. The van der Waals surface area contributed by atoms with E-state index in [0.29, 0.717) is 6.61 Å². The van der Waals surface area contributed by atoms with Gasteiger partial charge in [-0.05, 0) is 6.04 Å². The highest BCUT2D eigenvalue weighted by molar-refractivity contribution is 6.76. The van der Waals surface area contributed by atoms with E-state index in [4.69, 9.17) is 5.11 Å². The van der Waals surface area contributed by atoms with Gasteiger partial charge in [-0.15, -0.1) is 0 Å². The number of esters is 1. The summed E-state index contributed by atoms with van der Waals surface area (Å²) in [5.74, 6) is -0.329. The van der Waals surface area contributed by atoms with Crippen molar-refractivity contribution in [1.82, 2.24) is 0 Å². The molecule has 16 heavy (non-hydrogen) atoms. The maximum absolute atomic E-state index is 9.88. The average molecular weight is 248 g/mol. The van der Waals surface area contributed by atoms with Gasteiger partial charge in [0, 0.05) is 15.0 Å². The van der Waals surface area contributed by atoms with Gasteiger partial charge in [0.1, 0.15) is 0 Å². The van der Waals surface area contributed by atoms with E-state index in [0.717, 1.165) is 12.3 Å². The lowest BCUT2D eigenvalue weighted by Crippen LogP contribution is -2.22. The van der Waals surface area contributed by atoms with Gasteiger partial charge in [0.25, 0.3) is 0 Å². The van der Waals surface area contributed by atoms with Crippen LogP contribution < -0.4 is 0 Å². The molecule has 0 aliphatic carbocycles. The van der Waals surface area contributed by atoms with E-state index in [9.17, 15) is 9.59 Å². The van der Waals surface area contributed by atoms with Crippen LogP contribution in [0.3, 0.4) is 0 Å². The molecule has 1 N–H and O–H groups in total. The third-order valence-corrected chi connectivity index (χ3v) is 3.03. The predicted molar refractivity (Wildman–Crippen MR) is 64.1 cm³/mol. The van der Waals surface area contributed by atoms with Crippen LogP contribution >= 0.6 is 0 Å². The zero-order chi connectivity index (χ0) is 13.2. The Balaban J connectivity index is 0. The molecule has 5 nitrogen and oxygen atoms in total. The van der Waals surface area contributed by atoms with Gasteiger partial charge >= 0.3 is 12.1 Å². The summed E-state index contributed by atoms with van der Waals surface area (Å²) in [5, 5.41) is 8.10. The van der Waals surface area contributed by atoms with Crippen LogP contribution in [0.1, 0.15) is 6.92 Å². The third-order valence-electron chi connectivity index (χ3n) is 1.33. The molecule has 0 aromatic carbocycles. The SMILES string of the molecule is C=COC(C)=O.C[Si](C)(C)CCOC(=O)O. The quantitative estimate of drug-likeness (QED) is 0.470. The van der Waals surface area contributed by atoms with Crippen LogP contribution in [0.5, 0.6) is 0 Å². The highest BCUT2D eigenvalue weighted by Crippen LogP contribution is 2.07. The minimum absolute atomic E-state index is 0.329. The van der Waals surface area contributed by atoms with E-state index in [1.54, 1.807) is 0 Å². The van der Waals surface area contributed by atoms with E-state index in [-0.39, 0.29) is 5.97 Å². The smallest absolute Gasteiger partial charge is 0.450 e. The first-order valence-corrected chi connectivity index (χ1v) is 8.53. The van der Waals surface area contributed by atoms with Crippen molar-refractivity contribution in [2.75, 3.05) is 6.61 Å². The molecule has 0 amide bonds. The molecular formula is C10H20O5Si. The molecule has 0 heterocycles. The Morgan fingerprint density at radius 1 is 1.38 bits per heavy atom. The molecule has 0 rings (SSSR count). The fourth-order valence-corrected chi connectivity index (χ4v) is 1.28. The number of hydrogen-bond acceptors (Lipinski definition) is 4. The summed E-state index contributed by atoms with van der Waals surface area (Å²) in [5.41, 5.74) is 0. The monoisotopic (exact) mass is 248 g/mol. The second-order valence-corrected chi connectivity index (χ2v) is 9.82. The van der Waals surface area contributed by atoms with E-state index < -0.39 is 14.2 Å². The van der Waals surface area contributed by atoms with Gasteiger partial charge in [-0.2, -0.15) is 0 Å². The van der Waals surface area contributed by atoms with Crippen molar-refractivity contribution >= 4 is 20.2 Å². The van der Waals surface area contributed by atoms with Gasteiger partial charge in [-0.3, -0.25) is 4.79 Å². The summed E-state index contributed by atoms with van der Waals surface area (Å²) in [6.45, 7) is 11.4. The minimum atomic E-state index is -1.17. The van der Waals surface area contributed by atoms with Gasteiger partial charge in [0.15, 0.2) is 0 Å². The zero-order valence-corrected chi connectivity index (χ0v) is 11.3. The van der Waals surface area contributed by atoms with Crippen molar-refractivity contribution < 1.29 is 24.2 Å². The summed E-state index contributed by atoms with van der Waals surface area (Å²) in [6, 6.07) is 0.902. The second kappa shape index (κ2) is 8.96. The Labute approximate surface area is 97.1 Å². The number of rotatable bonds is 4. The van der Waals surface area contributed by atoms with Gasteiger partial charge in [0.05, 0.1) is 12.9 Å².